The average Bonchev–Trinajstić information content (AvgIpc) is 2.66. The van der Waals surface area contributed by atoms with Gasteiger partial charge in [-0.25, -0.2) is 12.7 Å². The summed E-state index contributed by atoms with van der Waals surface area (Å²) in [7, 11) is -1.67. The van der Waals surface area contributed by atoms with Crippen LogP contribution >= 0.6 is 0 Å². The maximum Gasteiger partial charge on any atom is 0.224 e. The monoisotopic (exact) mass is 398 g/mol. The first kappa shape index (κ1) is 21.5. The molecule has 0 spiro atoms. The van der Waals surface area contributed by atoms with Crippen LogP contribution in [0.2, 0.25) is 0 Å². The zero-order valence-corrected chi connectivity index (χ0v) is 17.2. The van der Waals surface area contributed by atoms with Gasteiger partial charge in [0.1, 0.15) is 0 Å². The summed E-state index contributed by atoms with van der Waals surface area (Å²) in [6.07, 6.45) is 4.62. The number of ether oxygens (including phenoxy) is 2. The van der Waals surface area contributed by atoms with Crippen LogP contribution in [-0.4, -0.2) is 51.7 Å². The molecular formula is C19H30N2O5S. The zero-order valence-electron chi connectivity index (χ0n) is 16.4. The molecule has 2 rings (SSSR count). The van der Waals surface area contributed by atoms with Crippen molar-refractivity contribution >= 4 is 15.9 Å². The molecule has 27 heavy (non-hydrogen) atoms. The molecule has 1 N–H and O–H groups in total. The standard InChI is InChI=1S/C19H30N2O5S/c1-4-5-11-26-17-9-8-15(12-18(17)25-2)13-20-19(22)16-7-6-10-21(14-16)27(3,23)24/h8-9,12,16H,4-7,10-11,13-14H2,1-3H3,(H,20,22). The number of carbonyl (C=O) groups excluding carboxylic acids is 1. The minimum atomic E-state index is -3.26. The lowest BCUT2D eigenvalue weighted by Crippen LogP contribution is -2.44. The molecule has 0 bridgehead atoms. The van der Waals surface area contributed by atoms with E-state index in [-0.39, 0.29) is 18.4 Å². The Kier molecular flexibility index (Phi) is 7.91. The third kappa shape index (κ3) is 6.39. The van der Waals surface area contributed by atoms with Crippen LogP contribution in [0.15, 0.2) is 18.2 Å². The molecule has 1 fully saturated rings. The number of methoxy groups -OCH3 is 1. The molecule has 1 aliphatic heterocycles. The van der Waals surface area contributed by atoms with Crippen LogP contribution in [-0.2, 0) is 21.4 Å². The van der Waals surface area contributed by atoms with Gasteiger partial charge in [-0.2, -0.15) is 0 Å². The van der Waals surface area contributed by atoms with E-state index in [4.69, 9.17) is 9.47 Å². The Morgan fingerprint density at radius 2 is 2.11 bits per heavy atom. The molecule has 152 valence electrons. The first-order chi connectivity index (χ1) is 12.8. The van der Waals surface area contributed by atoms with Crippen molar-refractivity contribution in [2.75, 3.05) is 33.1 Å². The number of hydrogen-bond donors (Lipinski definition) is 1. The SMILES string of the molecule is CCCCOc1ccc(CNC(=O)C2CCCN(S(C)(=O)=O)C2)cc1OC. The number of piperidine rings is 1. The fourth-order valence-electron chi connectivity index (χ4n) is 3.06. The van der Waals surface area contributed by atoms with Crippen LogP contribution in [0.3, 0.4) is 0 Å². The summed E-state index contributed by atoms with van der Waals surface area (Å²) in [6.45, 7) is 3.84. The Balaban J connectivity index is 1.92. The van der Waals surface area contributed by atoms with Crippen molar-refractivity contribution in [2.24, 2.45) is 5.92 Å². The van der Waals surface area contributed by atoms with Crippen LogP contribution in [0.1, 0.15) is 38.2 Å². The molecule has 1 aromatic rings. The van der Waals surface area contributed by atoms with Gasteiger partial charge in [0.2, 0.25) is 15.9 Å². The van der Waals surface area contributed by atoms with Crippen LogP contribution in [0.4, 0.5) is 0 Å². The van der Waals surface area contributed by atoms with E-state index in [2.05, 4.69) is 12.2 Å². The van der Waals surface area contributed by atoms with Gasteiger partial charge in [-0.05, 0) is 37.0 Å². The van der Waals surface area contributed by atoms with Crippen LogP contribution in [0.25, 0.3) is 0 Å². The van der Waals surface area contributed by atoms with E-state index < -0.39 is 10.0 Å². The van der Waals surface area contributed by atoms with E-state index in [0.29, 0.717) is 44.0 Å². The third-order valence-electron chi connectivity index (χ3n) is 4.67. The van der Waals surface area contributed by atoms with Crippen molar-refractivity contribution in [1.29, 1.82) is 0 Å². The lowest BCUT2D eigenvalue weighted by Gasteiger charge is -2.30. The number of nitrogens with one attached hydrogen (secondary N) is 1. The summed E-state index contributed by atoms with van der Waals surface area (Å²) in [5.74, 6) is 0.897. The molecule has 7 nitrogen and oxygen atoms in total. The van der Waals surface area contributed by atoms with Crippen LogP contribution < -0.4 is 14.8 Å². The maximum absolute atomic E-state index is 12.5. The summed E-state index contributed by atoms with van der Waals surface area (Å²) < 4.78 is 35.9. The average molecular weight is 399 g/mol. The highest BCUT2D eigenvalue weighted by atomic mass is 32.2. The normalized spacial score (nSPS) is 18.1. The zero-order chi connectivity index (χ0) is 19.9. The van der Waals surface area contributed by atoms with Crippen LogP contribution in [0, 0.1) is 5.92 Å². The summed E-state index contributed by atoms with van der Waals surface area (Å²) in [6, 6.07) is 5.60. The van der Waals surface area contributed by atoms with Crippen molar-refractivity contribution in [2.45, 2.75) is 39.2 Å². The predicted octanol–water partition coefficient (Wildman–Crippen LogP) is 2.16. The lowest BCUT2D eigenvalue weighted by molar-refractivity contribution is -0.126. The number of unbranched alkanes of at least 4 members (excludes halogenated alkanes) is 1. The Morgan fingerprint density at radius 3 is 2.78 bits per heavy atom. The maximum atomic E-state index is 12.5. The minimum absolute atomic E-state index is 0.120. The fourth-order valence-corrected chi connectivity index (χ4v) is 3.97. The molecule has 1 unspecified atom stereocenters. The highest BCUT2D eigenvalue weighted by Crippen LogP contribution is 2.28. The van der Waals surface area contributed by atoms with E-state index in [9.17, 15) is 13.2 Å². The Bertz CT molecular complexity index is 736. The topological polar surface area (TPSA) is 84.9 Å². The summed E-state index contributed by atoms with van der Waals surface area (Å²) >= 11 is 0. The molecule has 0 aliphatic carbocycles. The van der Waals surface area contributed by atoms with Crippen molar-refractivity contribution in [3.63, 3.8) is 0 Å². The van der Waals surface area contributed by atoms with E-state index in [1.165, 1.54) is 10.6 Å². The van der Waals surface area contributed by atoms with Crippen molar-refractivity contribution in [1.82, 2.24) is 9.62 Å². The number of nitrogens with zero attached hydrogens (tertiary/aromatic N) is 1. The highest BCUT2D eigenvalue weighted by Gasteiger charge is 2.29. The molecule has 8 heteroatoms. The van der Waals surface area contributed by atoms with Crippen LogP contribution in [0.5, 0.6) is 11.5 Å². The quantitative estimate of drug-likeness (QED) is 0.645. The molecule has 0 aromatic heterocycles. The summed E-state index contributed by atoms with van der Waals surface area (Å²) in [5.41, 5.74) is 0.902. The van der Waals surface area contributed by atoms with Crippen molar-refractivity contribution < 1.29 is 22.7 Å². The second kappa shape index (κ2) is 9.94. The third-order valence-corrected chi connectivity index (χ3v) is 5.94. The largest absolute Gasteiger partial charge is 0.493 e. The van der Waals surface area contributed by atoms with Gasteiger partial charge in [-0.1, -0.05) is 19.4 Å². The Labute approximate surface area is 162 Å². The molecule has 1 amide bonds. The van der Waals surface area contributed by atoms with Gasteiger partial charge < -0.3 is 14.8 Å². The van der Waals surface area contributed by atoms with Gasteiger partial charge in [-0.3, -0.25) is 4.79 Å². The number of sulfonamides is 1. The van der Waals surface area contributed by atoms with E-state index in [1.807, 2.05) is 18.2 Å². The molecule has 0 saturated carbocycles. The highest BCUT2D eigenvalue weighted by molar-refractivity contribution is 7.88. The Morgan fingerprint density at radius 1 is 1.33 bits per heavy atom. The number of benzene rings is 1. The molecule has 1 aliphatic rings. The van der Waals surface area contributed by atoms with Crippen molar-refractivity contribution in [3.05, 3.63) is 23.8 Å². The van der Waals surface area contributed by atoms with Gasteiger partial charge in [0.05, 0.1) is 25.9 Å². The molecule has 1 atom stereocenters. The second-order valence-corrected chi connectivity index (χ2v) is 8.85. The number of amides is 1. The first-order valence-electron chi connectivity index (χ1n) is 9.37. The van der Waals surface area contributed by atoms with Gasteiger partial charge in [-0.15, -0.1) is 0 Å². The Hall–Kier alpha value is -1.80. The first-order valence-corrected chi connectivity index (χ1v) is 11.2. The van der Waals surface area contributed by atoms with Gasteiger partial charge in [0.15, 0.2) is 11.5 Å². The molecular weight excluding hydrogens is 368 g/mol. The molecule has 0 radical (unpaired) electrons. The van der Waals surface area contributed by atoms with E-state index in [0.717, 1.165) is 18.4 Å². The fraction of sp³-hybridized carbons (Fsp3) is 0.632. The molecule has 1 heterocycles. The lowest BCUT2D eigenvalue weighted by atomic mass is 9.98. The van der Waals surface area contributed by atoms with E-state index in [1.54, 1.807) is 7.11 Å². The van der Waals surface area contributed by atoms with Crippen molar-refractivity contribution in [3.8, 4) is 11.5 Å². The second-order valence-electron chi connectivity index (χ2n) is 6.87. The number of rotatable bonds is 9. The summed E-state index contributed by atoms with van der Waals surface area (Å²) in [5, 5.41) is 2.91. The number of carbonyl (C=O) groups is 1. The van der Waals surface area contributed by atoms with Gasteiger partial charge in [0.25, 0.3) is 0 Å². The number of hydrogen-bond acceptors (Lipinski definition) is 5. The predicted molar refractivity (Wildman–Crippen MR) is 104 cm³/mol. The molecule has 1 saturated heterocycles. The molecule has 1 aromatic carbocycles. The van der Waals surface area contributed by atoms with Gasteiger partial charge >= 0.3 is 0 Å². The minimum Gasteiger partial charge on any atom is -0.493 e. The summed E-state index contributed by atoms with van der Waals surface area (Å²) in [4.78, 5) is 12.5. The van der Waals surface area contributed by atoms with Gasteiger partial charge in [0, 0.05) is 19.6 Å². The smallest absolute Gasteiger partial charge is 0.224 e. The van der Waals surface area contributed by atoms with E-state index >= 15 is 0 Å².